The van der Waals surface area contributed by atoms with E-state index in [4.69, 9.17) is 26.6 Å². The van der Waals surface area contributed by atoms with Gasteiger partial charge in [0.2, 0.25) is 5.95 Å². The first-order valence-corrected chi connectivity index (χ1v) is 9.65. The van der Waals surface area contributed by atoms with E-state index in [1.54, 1.807) is 6.26 Å². The van der Waals surface area contributed by atoms with Gasteiger partial charge < -0.3 is 24.9 Å². The third kappa shape index (κ3) is 4.07. The zero-order valence-electron chi connectivity index (χ0n) is 14.8. The van der Waals surface area contributed by atoms with Gasteiger partial charge in [-0.3, -0.25) is 0 Å². The molecule has 26 heavy (non-hydrogen) atoms. The van der Waals surface area contributed by atoms with Crippen LogP contribution in [0.15, 0.2) is 28.9 Å². The van der Waals surface area contributed by atoms with Crippen LogP contribution in [0.4, 0.5) is 17.6 Å². The Morgan fingerprint density at radius 2 is 1.65 bits per heavy atom. The SMILES string of the molecule is S=C(NCc1ccco1)Nc1nc(N2CCCC2)cc(N2CCCC2)n1. The highest BCUT2D eigenvalue weighted by Crippen LogP contribution is 2.26. The number of nitrogens with one attached hydrogen (secondary N) is 2. The zero-order valence-corrected chi connectivity index (χ0v) is 15.6. The molecule has 4 rings (SSSR count). The summed E-state index contributed by atoms with van der Waals surface area (Å²) in [5.74, 6) is 3.35. The van der Waals surface area contributed by atoms with Crippen molar-refractivity contribution < 1.29 is 4.42 Å². The maximum absolute atomic E-state index is 5.39. The van der Waals surface area contributed by atoms with E-state index in [2.05, 4.69) is 26.5 Å². The van der Waals surface area contributed by atoms with Crippen molar-refractivity contribution in [1.29, 1.82) is 0 Å². The predicted octanol–water partition coefficient (Wildman–Crippen LogP) is 2.76. The predicted molar refractivity (Wildman–Crippen MR) is 107 cm³/mol. The van der Waals surface area contributed by atoms with Crippen LogP contribution in [0.3, 0.4) is 0 Å². The van der Waals surface area contributed by atoms with Crippen LogP contribution in [0.25, 0.3) is 0 Å². The van der Waals surface area contributed by atoms with Gasteiger partial charge in [-0.1, -0.05) is 0 Å². The molecule has 8 heteroatoms. The van der Waals surface area contributed by atoms with Crippen LogP contribution < -0.4 is 20.4 Å². The van der Waals surface area contributed by atoms with Crippen molar-refractivity contribution in [3.05, 3.63) is 30.2 Å². The zero-order chi connectivity index (χ0) is 17.8. The van der Waals surface area contributed by atoms with Gasteiger partial charge >= 0.3 is 0 Å². The largest absolute Gasteiger partial charge is 0.467 e. The average Bonchev–Trinajstić information content (AvgIpc) is 3.43. The Labute approximate surface area is 158 Å². The Morgan fingerprint density at radius 1 is 1.04 bits per heavy atom. The van der Waals surface area contributed by atoms with Crippen molar-refractivity contribution in [3.63, 3.8) is 0 Å². The first kappa shape index (κ1) is 17.1. The van der Waals surface area contributed by atoms with Gasteiger partial charge in [0.15, 0.2) is 5.11 Å². The summed E-state index contributed by atoms with van der Waals surface area (Å²) in [6, 6.07) is 5.88. The topological polar surface area (TPSA) is 69.5 Å². The fourth-order valence-electron chi connectivity index (χ4n) is 3.42. The van der Waals surface area contributed by atoms with Gasteiger partial charge in [-0.05, 0) is 50.0 Å². The van der Waals surface area contributed by atoms with E-state index in [-0.39, 0.29) is 0 Å². The minimum atomic E-state index is 0.493. The van der Waals surface area contributed by atoms with Crippen LogP contribution in [-0.4, -0.2) is 41.3 Å². The number of nitrogens with zero attached hydrogens (tertiary/aromatic N) is 4. The summed E-state index contributed by atoms with van der Waals surface area (Å²) >= 11 is 5.39. The molecule has 138 valence electrons. The number of furan rings is 1. The minimum absolute atomic E-state index is 0.493. The first-order valence-electron chi connectivity index (χ1n) is 9.24. The molecule has 4 heterocycles. The number of hydrogen-bond donors (Lipinski definition) is 2. The number of hydrogen-bond acceptors (Lipinski definition) is 6. The molecule has 0 spiro atoms. The second-order valence-corrected chi connectivity index (χ2v) is 7.09. The molecule has 2 saturated heterocycles. The molecule has 0 bridgehead atoms. The van der Waals surface area contributed by atoms with Crippen molar-refractivity contribution in [2.75, 3.05) is 41.3 Å². The Morgan fingerprint density at radius 3 is 2.19 bits per heavy atom. The summed E-state index contributed by atoms with van der Waals surface area (Å²) in [5, 5.41) is 6.76. The lowest BCUT2D eigenvalue weighted by atomic mass is 10.4. The van der Waals surface area contributed by atoms with Crippen LogP contribution in [-0.2, 0) is 6.54 Å². The third-order valence-corrected chi connectivity index (χ3v) is 5.03. The van der Waals surface area contributed by atoms with Gasteiger partial charge in [0.1, 0.15) is 17.4 Å². The Kier molecular flexibility index (Phi) is 5.19. The van der Waals surface area contributed by atoms with Crippen molar-refractivity contribution in [3.8, 4) is 0 Å². The van der Waals surface area contributed by atoms with Gasteiger partial charge in [0.25, 0.3) is 0 Å². The van der Waals surface area contributed by atoms with E-state index < -0.39 is 0 Å². The molecule has 2 aliphatic heterocycles. The number of rotatable bonds is 5. The second kappa shape index (κ2) is 7.90. The number of thiocarbonyl (C=S) groups is 1. The summed E-state index contributed by atoms with van der Waals surface area (Å²) in [6.07, 6.45) is 6.52. The lowest BCUT2D eigenvalue weighted by Gasteiger charge is -2.22. The molecule has 0 aromatic carbocycles. The van der Waals surface area contributed by atoms with Crippen molar-refractivity contribution in [1.82, 2.24) is 15.3 Å². The molecule has 2 aliphatic rings. The van der Waals surface area contributed by atoms with Gasteiger partial charge in [0, 0.05) is 32.2 Å². The lowest BCUT2D eigenvalue weighted by molar-refractivity contribution is 0.503. The van der Waals surface area contributed by atoms with Gasteiger partial charge in [-0.25, -0.2) is 0 Å². The van der Waals surface area contributed by atoms with E-state index in [0.717, 1.165) is 43.6 Å². The smallest absolute Gasteiger partial charge is 0.232 e. The molecule has 0 amide bonds. The van der Waals surface area contributed by atoms with Crippen LogP contribution in [0, 0.1) is 0 Å². The Hall–Kier alpha value is -2.35. The molecule has 0 saturated carbocycles. The van der Waals surface area contributed by atoms with Gasteiger partial charge in [-0.15, -0.1) is 0 Å². The lowest BCUT2D eigenvalue weighted by Crippen LogP contribution is -2.30. The molecule has 0 unspecified atom stereocenters. The first-order chi connectivity index (χ1) is 12.8. The molecule has 2 fully saturated rings. The van der Waals surface area contributed by atoms with E-state index in [0.29, 0.717) is 17.6 Å². The number of anilines is 3. The minimum Gasteiger partial charge on any atom is -0.467 e. The van der Waals surface area contributed by atoms with Crippen LogP contribution in [0.5, 0.6) is 0 Å². The molecule has 0 aliphatic carbocycles. The highest BCUT2D eigenvalue weighted by molar-refractivity contribution is 7.80. The molecule has 0 radical (unpaired) electrons. The normalized spacial score (nSPS) is 16.9. The average molecular weight is 372 g/mol. The molecule has 2 aromatic heterocycles. The van der Waals surface area contributed by atoms with E-state index >= 15 is 0 Å². The van der Waals surface area contributed by atoms with Crippen LogP contribution in [0.2, 0.25) is 0 Å². The Bertz CT molecular complexity index is 704. The van der Waals surface area contributed by atoms with Crippen LogP contribution >= 0.6 is 12.2 Å². The maximum atomic E-state index is 5.39. The summed E-state index contributed by atoms with van der Waals surface area (Å²) in [6.45, 7) is 4.74. The van der Waals surface area contributed by atoms with E-state index in [1.165, 1.54) is 25.7 Å². The monoisotopic (exact) mass is 372 g/mol. The fraction of sp³-hybridized carbons (Fsp3) is 0.500. The van der Waals surface area contributed by atoms with Crippen molar-refractivity contribution in [2.45, 2.75) is 32.2 Å². The summed E-state index contributed by atoms with van der Waals surface area (Å²) in [7, 11) is 0. The van der Waals surface area contributed by atoms with E-state index in [9.17, 15) is 0 Å². The summed E-state index contributed by atoms with van der Waals surface area (Å²) < 4.78 is 5.31. The number of aromatic nitrogens is 2. The van der Waals surface area contributed by atoms with Gasteiger partial charge in [-0.2, -0.15) is 9.97 Å². The molecule has 2 N–H and O–H groups in total. The highest BCUT2D eigenvalue weighted by Gasteiger charge is 2.20. The maximum Gasteiger partial charge on any atom is 0.232 e. The molecular weight excluding hydrogens is 348 g/mol. The quantitative estimate of drug-likeness (QED) is 0.777. The standard InChI is InChI=1S/C18H24N6OS/c26-18(19-13-14-6-5-11-25-14)22-17-20-15(23-7-1-2-8-23)12-16(21-17)24-9-3-4-10-24/h5-6,11-12H,1-4,7-10,13H2,(H2,19,20,21,22,26). The Balaban J connectivity index is 1.48. The van der Waals surface area contributed by atoms with Crippen molar-refractivity contribution >= 4 is 34.9 Å². The molecule has 2 aromatic rings. The highest BCUT2D eigenvalue weighted by atomic mass is 32.1. The molecule has 0 atom stereocenters. The van der Waals surface area contributed by atoms with E-state index in [1.807, 2.05) is 12.1 Å². The second-order valence-electron chi connectivity index (χ2n) is 6.68. The molecular formula is C18H24N6OS. The van der Waals surface area contributed by atoms with Gasteiger partial charge in [0.05, 0.1) is 12.8 Å². The molecule has 7 nitrogen and oxygen atoms in total. The third-order valence-electron chi connectivity index (χ3n) is 4.79. The summed E-state index contributed by atoms with van der Waals surface area (Å²) in [4.78, 5) is 14.0. The summed E-state index contributed by atoms with van der Waals surface area (Å²) in [5.41, 5.74) is 0. The van der Waals surface area contributed by atoms with Crippen LogP contribution in [0.1, 0.15) is 31.4 Å². The van der Waals surface area contributed by atoms with Crippen molar-refractivity contribution in [2.24, 2.45) is 0 Å². The fourth-order valence-corrected chi connectivity index (χ4v) is 3.58.